The van der Waals surface area contributed by atoms with Crippen molar-refractivity contribution in [2.75, 3.05) is 44.7 Å². The van der Waals surface area contributed by atoms with Gasteiger partial charge in [0.2, 0.25) is 11.8 Å². The molecule has 5 nitrogen and oxygen atoms in total. The van der Waals surface area contributed by atoms with Gasteiger partial charge in [-0.1, -0.05) is 6.07 Å². The Morgan fingerprint density at radius 1 is 1.09 bits per heavy atom. The number of carbonyl (C=O) groups is 2. The van der Waals surface area contributed by atoms with Crippen molar-refractivity contribution in [2.24, 2.45) is 0 Å². The molecule has 1 aliphatic heterocycles. The fraction of sp³-hybridized carbons (Fsp3) is 0.529. The zero-order chi connectivity index (χ0) is 16.3. The Labute approximate surface area is 132 Å². The summed E-state index contributed by atoms with van der Waals surface area (Å²) in [5.74, 6) is -0.0905. The van der Waals surface area contributed by atoms with E-state index in [2.05, 4.69) is 11.9 Å². The lowest BCUT2D eigenvalue weighted by Crippen LogP contribution is -2.50. The van der Waals surface area contributed by atoms with Gasteiger partial charge >= 0.3 is 0 Å². The Balaban J connectivity index is 2.10. The molecule has 0 aromatic heterocycles. The molecule has 1 fully saturated rings. The Bertz CT molecular complexity index is 563. The molecular weight excluding hydrogens is 278 g/mol. The molecule has 0 spiro atoms. The lowest BCUT2D eigenvalue weighted by atomic mass is 10.1. The van der Waals surface area contributed by atoms with Gasteiger partial charge in [-0.05, 0) is 44.2 Å². The van der Waals surface area contributed by atoms with Crippen molar-refractivity contribution in [1.82, 2.24) is 9.80 Å². The minimum Gasteiger partial charge on any atom is -0.339 e. The second-order valence-corrected chi connectivity index (χ2v) is 6.06. The molecule has 0 saturated carbocycles. The Hall–Kier alpha value is -1.88. The fourth-order valence-electron chi connectivity index (χ4n) is 2.57. The van der Waals surface area contributed by atoms with Crippen LogP contribution in [0, 0.1) is 13.8 Å². The number of aryl methyl sites for hydroxylation is 2. The minimum absolute atomic E-state index is 0.0153. The summed E-state index contributed by atoms with van der Waals surface area (Å²) in [6.07, 6.45) is 0. The van der Waals surface area contributed by atoms with Crippen LogP contribution in [-0.4, -0.2) is 61.4 Å². The number of rotatable bonds is 3. The highest BCUT2D eigenvalue weighted by atomic mass is 16.2. The van der Waals surface area contributed by atoms with Gasteiger partial charge in [-0.2, -0.15) is 0 Å². The summed E-state index contributed by atoms with van der Waals surface area (Å²) in [7, 11) is 2.05. The Kier molecular flexibility index (Phi) is 5.19. The van der Waals surface area contributed by atoms with Crippen molar-refractivity contribution in [3.8, 4) is 0 Å². The van der Waals surface area contributed by atoms with Crippen molar-refractivity contribution in [3.63, 3.8) is 0 Å². The van der Waals surface area contributed by atoms with E-state index in [1.807, 2.05) is 36.9 Å². The normalized spacial score (nSPS) is 15.7. The van der Waals surface area contributed by atoms with Gasteiger partial charge in [-0.15, -0.1) is 0 Å². The highest BCUT2D eigenvalue weighted by molar-refractivity contribution is 5.97. The number of amides is 2. The summed E-state index contributed by atoms with van der Waals surface area (Å²) < 4.78 is 0. The molecule has 1 aromatic rings. The standard InChI is InChI=1S/C17H25N3O2/c1-13-5-6-16(11-14(13)2)20(15(3)21)12-17(22)19-9-7-18(4)8-10-19/h5-6,11H,7-10,12H2,1-4H3. The van der Waals surface area contributed by atoms with Gasteiger partial charge in [0.15, 0.2) is 0 Å². The van der Waals surface area contributed by atoms with Crippen LogP contribution in [0.1, 0.15) is 18.1 Å². The quantitative estimate of drug-likeness (QED) is 0.848. The molecule has 0 N–H and O–H groups in total. The van der Waals surface area contributed by atoms with E-state index in [1.54, 1.807) is 4.90 Å². The number of hydrogen-bond donors (Lipinski definition) is 0. The maximum atomic E-state index is 12.5. The van der Waals surface area contributed by atoms with E-state index in [9.17, 15) is 9.59 Å². The molecule has 1 saturated heterocycles. The average Bonchev–Trinajstić information content (AvgIpc) is 2.48. The van der Waals surface area contributed by atoms with Crippen LogP contribution in [0.15, 0.2) is 18.2 Å². The van der Waals surface area contributed by atoms with Crippen LogP contribution >= 0.6 is 0 Å². The van der Waals surface area contributed by atoms with Gasteiger partial charge in [-0.3, -0.25) is 9.59 Å². The second-order valence-electron chi connectivity index (χ2n) is 6.06. The molecule has 0 aliphatic carbocycles. The van der Waals surface area contributed by atoms with Crippen molar-refractivity contribution >= 4 is 17.5 Å². The van der Waals surface area contributed by atoms with E-state index in [0.29, 0.717) is 0 Å². The van der Waals surface area contributed by atoms with Crippen LogP contribution in [0.4, 0.5) is 5.69 Å². The summed E-state index contributed by atoms with van der Waals surface area (Å²) in [6.45, 7) is 8.90. The van der Waals surface area contributed by atoms with E-state index < -0.39 is 0 Å². The molecule has 0 bridgehead atoms. The molecular formula is C17H25N3O2. The first-order chi connectivity index (χ1) is 10.4. The summed E-state index contributed by atoms with van der Waals surface area (Å²) in [5, 5.41) is 0. The molecule has 1 heterocycles. The summed E-state index contributed by atoms with van der Waals surface area (Å²) in [5.41, 5.74) is 3.09. The van der Waals surface area contributed by atoms with E-state index in [4.69, 9.17) is 0 Å². The van der Waals surface area contributed by atoms with E-state index in [1.165, 1.54) is 12.5 Å². The molecule has 0 radical (unpaired) electrons. The smallest absolute Gasteiger partial charge is 0.242 e. The number of nitrogens with zero attached hydrogens (tertiary/aromatic N) is 3. The lowest BCUT2D eigenvalue weighted by Gasteiger charge is -2.34. The van der Waals surface area contributed by atoms with Crippen LogP contribution < -0.4 is 4.90 Å². The number of hydrogen-bond acceptors (Lipinski definition) is 3. The summed E-state index contributed by atoms with van der Waals surface area (Å²) in [6, 6.07) is 5.86. The van der Waals surface area contributed by atoms with Crippen molar-refractivity contribution in [3.05, 3.63) is 29.3 Å². The number of piperazine rings is 1. The van der Waals surface area contributed by atoms with Crippen LogP contribution in [-0.2, 0) is 9.59 Å². The number of benzene rings is 1. The van der Waals surface area contributed by atoms with Gasteiger partial charge in [0.1, 0.15) is 6.54 Å². The lowest BCUT2D eigenvalue weighted by molar-refractivity contribution is -0.132. The van der Waals surface area contributed by atoms with Gasteiger partial charge in [0.25, 0.3) is 0 Å². The van der Waals surface area contributed by atoms with Crippen molar-refractivity contribution < 1.29 is 9.59 Å². The first-order valence-corrected chi connectivity index (χ1v) is 7.70. The molecule has 1 aliphatic rings. The summed E-state index contributed by atoms with van der Waals surface area (Å²) >= 11 is 0. The Morgan fingerprint density at radius 2 is 1.73 bits per heavy atom. The average molecular weight is 303 g/mol. The van der Waals surface area contributed by atoms with Crippen LogP contribution in [0.5, 0.6) is 0 Å². The Morgan fingerprint density at radius 3 is 2.27 bits per heavy atom. The number of anilines is 1. The molecule has 0 unspecified atom stereocenters. The number of likely N-dealkylation sites (N-methyl/N-ethyl adjacent to an activating group) is 1. The predicted molar refractivity (Wildman–Crippen MR) is 88.0 cm³/mol. The van der Waals surface area contributed by atoms with Crippen molar-refractivity contribution in [2.45, 2.75) is 20.8 Å². The zero-order valence-corrected chi connectivity index (χ0v) is 13.9. The molecule has 120 valence electrons. The zero-order valence-electron chi connectivity index (χ0n) is 13.9. The molecule has 2 amide bonds. The first kappa shape index (κ1) is 16.5. The SMILES string of the molecule is CC(=O)N(CC(=O)N1CCN(C)CC1)c1ccc(C)c(C)c1. The maximum absolute atomic E-state index is 12.5. The second kappa shape index (κ2) is 6.92. The highest BCUT2D eigenvalue weighted by Gasteiger charge is 2.23. The first-order valence-electron chi connectivity index (χ1n) is 7.70. The molecule has 1 aromatic carbocycles. The molecule has 0 atom stereocenters. The largest absolute Gasteiger partial charge is 0.339 e. The van der Waals surface area contributed by atoms with Gasteiger partial charge in [0, 0.05) is 38.8 Å². The van der Waals surface area contributed by atoms with Crippen LogP contribution in [0.25, 0.3) is 0 Å². The maximum Gasteiger partial charge on any atom is 0.242 e. The fourth-order valence-corrected chi connectivity index (χ4v) is 2.57. The molecule has 2 rings (SSSR count). The number of carbonyl (C=O) groups excluding carboxylic acids is 2. The third-order valence-electron chi connectivity index (χ3n) is 4.33. The van der Waals surface area contributed by atoms with Crippen LogP contribution in [0.3, 0.4) is 0 Å². The third-order valence-corrected chi connectivity index (χ3v) is 4.33. The van der Waals surface area contributed by atoms with Gasteiger partial charge in [0.05, 0.1) is 0 Å². The van der Waals surface area contributed by atoms with Crippen LogP contribution in [0.2, 0.25) is 0 Å². The third kappa shape index (κ3) is 3.85. The van der Waals surface area contributed by atoms with Gasteiger partial charge < -0.3 is 14.7 Å². The van der Waals surface area contributed by atoms with E-state index in [-0.39, 0.29) is 18.4 Å². The topological polar surface area (TPSA) is 43.9 Å². The predicted octanol–water partition coefficient (Wildman–Crippen LogP) is 1.43. The highest BCUT2D eigenvalue weighted by Crippen LogP contribution is 2.19. The molecule has 5 heteroatoms. The monoisotopic (exact) mass is 303 g/mol. The molecule has 22 heavy (non-hydrogen) atoms. The van der Waals surface area contributed by atoms with E-state index in [0.717, 1.165) is 37.4 Å². The van der Waals surface area contributed by atoms with Gasteiger partial charge in [-0.25, -0.2) is 0 Å². The minimum atomic E-state index is -0.106. The summed E-state index contributed by atoms with van der Waals surface area (Å²) in [4.78, 5) is 30.0. The van der Waals surface area contributed by atoms with Crippen molar-refractivity contribution in [1.29, 1.82) is 0 Å². The van der Waals surface area contributed by atoms with E-state index >= 15 is 0 Å².